The highest BCUT2D eigenvalue weighted by atomic mass is 32.2. The summed E-state index contributed by atoms with van der Waals surface area (Å²) in [4.78, 5) is 49.4. The molecular weight excluding hydrogens is 681 g/mol. The molecule has 3 aromatic rings. The third-order valence-electron chi connectivity index (χ3n) is 11.3. The molecule has 0 radical (unpaired) electrons. The van der Waals surface area contributed by atoms with E-state index in [4.69, 9.17) is 9.72 Å². The fraction of sp³-hybridized carbons (Fsp3) is 0.538. The van der Waals surface area contributed by atoms with Crippen molar-refractivity contribution in [1.29, 1.82) is 0 Å². The normalized spacial score (nSPS) is 28.2. The van der Waals surface area contributed by atoms with E-state index >= 15 is 0 Å². The number of para-hydroxylation sites is 2. The van der Waals surface area contributed by atoms with Crippen LogP contribution in [0.4, 0.5) is 5.69 Å². The minimum atomic E-state index is -3.94. The average Bonchev–Trinajstić information content (AvgIpc) is 3.92. The lowest BCUT2D eigenvalue weighted by Crippen LogP contribution is -2.58. The number of nitrogens with one attached hydrogen (secondary N) is 3. The summed E-state index contributed by atoms with van der Waals surface area (Å²) in [6.07, 6.45) is 8.70. The van der Waals surface area contributed by atoms with E-state index in [-0.39, 0.29) is 37.3 Å². The zero-order chi connectivity index (χ0) is 36.8. The highest BCUT2D eigenvalue weighted by Crippen LogP contribution is 2.47. The van der Waals surface area contributed by atoms with Gasteiger partial charge in [0, 0.05) is 24.1 Å². The molecule has 2 aromatic carbocycles. The highest BCUT2D eigenvalue weighted by Gasteiger charge is 2.63. The van der Waals surface area contributed by atoms with Gasteiger partial charge in [0.05, 0.1) is 22.3 Å². The van der Waals surface area contributed by atoms with Gasteiger partial charge in [0.25, 0.3) is 11.9 Å². The lowest BCUT2D eigenvalue weighted by atomic mass is 10.0. The molecule has 3 heterocycles. The van der Waals surface area contributed by atoms with Crippen LogP contribution in [0.15, 0.2) is 60.7 Å². The molecule has 0 spiro atoms. The van der Waals surface area contributed by atoms with Crippen molar-refractivity contribution in [1.82, 2.24) is 24.5 Å². The predicted molar refractivity (Wildman–Crippen MR) is 199 cm³/mol. The summed E-state index contributed by atoms with van der Waals surface area (Å²) in [5.74, 6) is -1.85. The molecule has 0 bridgehead atoms. The molecular formula is C39H50N6O6S. The van der Waals surface area contributed by atoms with Gasteiger partial charge in [-0.2, -0.15) is 4.98 Å². The van der Waals surface area contributed by atoms with Crippen LogP contribution < -0.4 is 20.1 Å². The number of fused-ring (bicyclic) bond motifs is 3. The van der Waals surface area contributed by atoms with Crippen LogP contribution in [0.25, 0.3) is 11.0 Å². The number of aromatic nitrogens is 2. The van der Waals surface area contributed by atoms with E-state index in [1.165, 1.54) is 0 Å². The van der Waals surface area contributed by atoms with Crippen LogP contribution in [0.5, 0.6) is 6.01 Å². The summed E-state index contributed by atoms with van der Waals surface area (Å²) in [7, 11) is -3.94. The molecule has 13 heteroatoms. The van der Waals surface area contributed by atoms with Crippen LogP contribution in [0.2, 0.25) is 0 Å². The van der Waals surface area contributed by atoms with Gasteiger partial charge in [0.15, 0.2) is 0 Å². The summed E-state index contributed by atoms with van der Waals surface area (Å²) in [5, 5.41) is 6.40. The molecule has 7 rings (SSSR count). The van der Waals surface area contributed by atoms with E-state index in [2.05, 4.69) is 29.2 Å². The van der Waals surface area contributed by atoms with Gasteiger partial charge in [-0.05, 0) is 90.0 Å². The summed E-state index contributed by atoms with van der Waals surface area (Å²) in [6.45, 7) is 7.87. The monoisotopic (exact) mass is 730 g/mol. The van der Waals surface area contributed by atoms with Crippen molar-refractivity contribution in [3.05, 3.63) is 66.2 Å². The third-order valence-corrected chi connectivity index (χ3v) is 13.4. The first kappa shape index (κ1) is 36.0. The van der Waals surface area contributed by atoms with Crippen LogP contribution in [-0.2, 0) is 24.4 Å². The molecule has 2 aliphatic carbocycles. The Morgan fingerprint density at radius 3 is 2.56 bits per heavy atom. The predicted octanol–water partition coefficient (Wildman–Crippen LogP) is 5.15. The Kier molecular flexibility index (Phi) is 9.60. The number of carbonyl (C=O) groups is 3. The van der Waals surface area contributed by atoms with E-state index < -0.39 is 50.3 Å². The summed E-state index contributed by atoms with van der Waals surface area (Å²) < 4.78 is 36.3. The molecule has 0 unspecified atom stereocenters. The number of aryl methyl sites for hydroxylation is 1. The summed E-state index contributed by atoms with van der Waals surface area (Å²) >= 11 is 0. The Hall–Kier alpha value is -4.39. The van der Waals surface area contributed by atoms with Gasteiger partial charge in [-0.25, -0.2) is 8.42 Å². The van der Waals surface area contributed by atoms with Crippen molar-refractivity contribution in [2.24, 2.45) is 5.92 Å². The van der Waals surface area contributed by atoms with Gasteiger partial charge < -0.3 is 20.3 Å². The highest BCUT2D eigenvalue weighted by molar-refractivity contribution is 7.91. The number of amides is 3. The number of sulfonamides is 1. The Labute approximate surface area is 305 Å². The van der Waals surface area contributed by atoms with Crippen LogP contribution >= 0.6 is 0 Å². The molecule has 52 heavy (non-hydrogen) atoms. The second-order valence-corrected chi connectivity index (χ2v) is 17.8. The van der Waals surface area contributed by atoms with Gasteiger partial charge in [-0.1, -0.05) is 55.3 Å². The number of hydrogen-bond donors (Lipinski definition) is 3. The Balaban J connectivity index is 1.21. The minimum absolute atomic E-state index is 0.0328. The van der Waals surface area contributed by atoms with Crippen LogP contribution in [0.3, 0.4) is 0 Å². The second kappa shape index (κ2) is 13.9. The first-order valence-corrected chi connectivity index (χ1v) is 20.1. The molecule has 278 valence electrons. The summed E-state index contributed by atoms with van der Waals surface area (Å²) in [5.41, 5.74) is 2.15. The zero-order valence-electron chi connectivity index (χ0n) is 30.4. The molecule has 3 amide bonds. The molecule has 5 atom stereocenters. The Morgan fingerprint density at radius 1 is 1.06 bits per heavy atom. The number of benzene rings is 2. The van der Waals surface area contributed by atoms with Crippen LogP contribution in [-0.4, -0.2) is 75.6 Å². The number of rotatable bonds is 8. The SMILES string of the molecule is Cc1cccc2c1nc(O[C@@H]1C[C@H]3C(=O)N[C@]4(C(=O)NS(=O)(=O)C5(C)CC5)C[C@@H]4/C=C\CCCCC[C@H](Nc4ccccc4)C(=O)N3C1)n2C(C)C. The molecule has 4 aliphatic rings. The van der Waals surface area contributed by atoms with Crippen LogP contribution in [0.1, 0.15) is 90.2 Å². The molecule has 1 saturated heterocycles. The lowest BCUT2D eigenvalue weighted by molar-refractivity contribution is -0.140. The zero-order valence-corrected chi connectivity index (χ0v) is 31.2. The van der Waals surface area contributed by atoms with Gasteiger partial charge in [-0.15, -0.1) is 0 Å². The van der Waals surface area contributed by atoms with E-state index in [0.29, 0.717) is 25.3 Å². The first-order valence-electron chi connectivity index (χ1n) is 18.6. The molecule has 1 aromatic heterocycles. The number of carbonyl (C=O) groups excluding carboxylic acids is 3. The fourth-order valence-corrected chi connectivity index (χ4v) is 8.96. The van der Waals surface area contributed by atoms with Crippen molar-refractivity contribution in [2.45, 2.75) is 120 Å². The maximum atomic E-state index is 14.6. The van der Waals surface area contributed by atoms with Crippen LogP contribution in [0, 0.1) is 12.8 Å². The summed E-state index contributed by atoms with van der Waals surface area (Å²) in [6, 6.07) is 14.4. The second-order valence-electron chi connectivity index (χ2n) is 15.6. The third kappa shape index (κ3) is 6.91. The Bertz CT molecular complexity index is 1990. The molecule has 12 nitrogen and oxygen atoms in total. The van der Waals surface area contributed by atoms with Crippen molar-refractivity contribution in [2.75, 3.05) is 11.9 Å². The minimum Gasteiger partial charge on any atom is -0.459 e. The van der Waals surface area contributed by atoms with Crippen molar-refractivity contribution < 1.29 is 27.5 Å². The van der Waals surface area contributed by atoms with E-state index in [0.717, 1.165) is 48.0 Å². The first-order chi connectivity index (χ1) is 24.8. The van der Waals surface area contributed by atoms with Gasteiger partial charge in [0.1, 0.15) is 23.7 Å². The fourth-order valence-electron chi connectivity index (χ4n) is 7.65. The maximum absolute atomic E-state index is 14.6. The smallest absolute Gasteiger partial charge is 0.297 e. The van der Waals surface area contributed by atoms with Gasteiger partial charge in [0.2, 0.25) is 21.8 Å². The van der Waals surface area contributed by atoms with E-state index in [9.17, 15) is 22.8 Å². The van der Waals surface area contributed by atoms with Crippen molar-refractivity contribution in [3.63, 3.8) is 0 Å². The van der Waals surface area contributed by atoms with Crippen molar-refractivity contribution >= 4 is 44.5 Å². The van der Waals surface area contributed by atoms with Crippen molar-refractivity contribution in [3.8, 4) is 6.01 Å². The van der Waals surface area contributed by atoms with E-state index in [1.54, 1.807) is 11.8 Å². The Morgan fingerprint density at radius 2 is 1.83 bits per heavy atom. The standard InChI is InChI=1S/C39H50N6O6S/c1-25(2)45-31-19-13-14-26(3)33(31)41-37(45)51-29-22-32-34(46)42-39(36(48)43-52(49,50)38(4)20-21-38)23-27(39)15-9-6-5-7-12-18-30(35(47)44(32)24-29)40-28-16-10-8-11-17-28/h8-11,13-17,19,25,27,29-30,32,40H,5-7,12,18,20-24H2,1-4H3,(H,42,46)(H,43,48)/b15-9-/t27-,29+,30-,32-,39+/m0/s1. The topological polar surface area (TPSA) is 152 Å². The quantitative estimate of drug-likeness (QED) is 0.270. The van der Waals surface area contributed by atoms with E-state index in [1.807, 2.05) is 72.2 Å². The molecule has 2 aliphatic heterocycles. The number of ether oxygens (including phenoxy) is 1. The maximum Gasteiger partial charge on any atom is 0.297 e. The number of allylic oxidation sites excluding steroid dienone is 1. The average molecular weight is 731 g/mol. The molecule has 2 saturated carbocycles. The number of imidazole rings is 1. The largest absolute Gasteiger partial charge is 0.459 e. The number of hydrogen-bond acceptors (Lipinski definition) is 8. The molecule has 3 fully saturated rings. The van der Waals surface area contributed by atoms with Gasteiger partial charge in [-0.3, -0.25) is 23.7 Å². The molecule has 3 N–H and O–H groups in total. The number of anilines is 1. The lowest BCUT2D eigenvalue weighted by Gasteiger charge is -2.30. The number of nitrogens with zero attached hydrogens (tertiary/aromatic N) is 3. The van der Waals surface area contributed by atoms with Gasteiger partial charge >= 0.3 is 0 Å².